The summed E-state index contributed by atoms with van der Waals surface area (Å²) in [4.78, 5) is 87.8. The van der Waals surface area contributed by atoms with Gasteiger partial charge < -0.3 is 68.6 Å². The zero-order chi connectivity index (χ0) is 59.1. The standard InChI is InChI=1S/C21H25ClN4O4.C16H17ClN4O2.C11H19NO3.C10H6ClN3O/c1-21(2,3)30-20(29)25-8-4-5-15(16(27)10-25)26-14-7-6-12(22)9-13(14)17-18(26)19(28)24-11-23-17;17-9-3-4-11-10(6-9)14-15(16(23)20-8-19-14)21(11)12-2-1-5-18-7-13(12)22;1-11(2,3)15-10(13)12-6-4-5-8-9(7-12)14-8;11-5-1-2-7-6(3-5)8-9(14-7)10(15)13-4-12-8/h6-7,9,11,15-16,27H,4-5,8,10H2,1-3H3,(H,23,24,28);3-4,6,8,12-13,18,22H,1-2,5,7H2,(H,19,20,23);8-9H,4-7H2,1-3H3;1-4,14H,(H,12,13,15)/t15?,16-;12?,13-;;/m11../s1. The van der Waals surface area contributed by atoms with Crippen LogP contribution in [-0.2, 0) is 14.2 Å². The molecule has 6 aromatic heterocycles. The van der Waals surface area contributed by atoms with E-state index in [2.05, 4.69) is 40.2 Å². The Morgan fingerprint density at radius 1 is 0.602 bits per heavy atom. The van der Waals surface area contributed by atoms with Gasteiger partial charge in [0.2, 0.25) is 0 Å². The third kappa shape index (κ3) is 13.2. The molecule has 13 rings (SSSR count). The number of H-pyrrole nitrogens is 4. The van der Waals surface area contributed by atoms with Crippen LogP contribution in [0.3, 0.4) is 0 Å². The number of rotatable bonds is 2. The van der Waals surface area contributed by atoms with Gasteiger partial charge in [0.05, 0.1) is 73.5 Å². The van der Waals surface area contributed by atoms with Crippen molar-refractivity contribution in [3.63, 3.8) is 0 Å². The molecule has 0 aliphatic carbocycles. The molecule has 0 radical (unpaired) electrons. The van der Waals surface area contributed by atoms with Crippen LogP contribution >= 0.6 is 34.8 Å². The molecule has 4 aliphatic rings. The summed E-state index contributed by atoms with van der Waals surface area (Å²) < 4.78 is 20.0. The van der Waals surface area contributed by atoms with E-state index in [1.807, 2.05) is 74.9 Å². The summed E-state index contributed by atoms with van der Waals surface area (Å²) in [6.07, 6.45) is 7.79. The number of likely N-dealkylation sites (tertiary alicyclic amines) is 2. The number of aromatic nitrogens is 9. The zero-order valence-corrected chi connectivity index (χ0v) is 49.1. The molecular formula is C58H67Cl3N12O10. The maximum atomic E-state index is 12.7. The van der Waals surface area contributed by atoms with Crippen LogP contribution in [0.2, 0.25) is 15.1 Å². The van der Waals surface area contributed by atoms with Crippen LogP contribution < -0.4 is 22.0 Å². The fourth-order valence-electron chi connectivity index (χ4n) is 11.2. The average molecular weight is 1200 g/mol. The molecule has 9 aromatic rings. The van der Waals surface area contributed by atoms with Gasteiger partial charge in [0.15, 0.2) is 0 Å². The molecule has 0 bridgehead atoms. The number of aromatic amines is 4. The molecule has 4 unspecified atom stereocenters. The Morgan fingerprint density at radius 2 is 1.08 bits per heavy atom. The Morgan fingerprint density at radius 3 is 1.65 bits per heavy atom. The zero-order valence-electron chi connectivity index (χ0n) is 46.8. The second-order valence-electron chi connectivity index (χ2n) is 23.2. The summed E-state index contributed by atoms with van der Waals surface area (Å²) in [5.74, 6) is 0. The minimum absolute atomic E-state index is 0.118. The van der Waals surface area contributed by atoms with E-state index in [0.29, 0.717) is 86.7 Å². The van der Waals surface area contributed by atoms with Crippen LogP contribution in [0.15, 0.2) is 88.0 Å². The van der Waals surface area contributed by atoms with Crippen molar-refractivity contribution in [3.05, 3.63) is 120 Å². The van der Waals surface area contributed by atoms with Crippen LogP contribution in [0.5, 0.6) is 0 Å². The number of hydrogen-bond acceptors (Lipinski definition) is 14. The van der Waals surface area contributed by atoms with Gasteiger partial charge in [-0.25, -0.2) is 24.5 Å². The molecule has 4 fully saturated rings. The molecule has 4 saturated heterocycles. The lowest BCUT2D eigenvalue weighted by Gasteiger charge is -2.28. The monoisotopic (exact) mass is 1200 g/mol. The van der Waals surface area contributed by atoms with E-state index in [-0.39, 0.29) is 41.5 Å². The minimum Gasteiger partial charge on any atom is -0.444 e. The Bertz CT molecular complexity index is 4050. The highest BCUT2D eigenvalue weighted by molar-refractivity contribution is 6.32. The molecule has 440 valence electrons. The van der Waals surface area contributed by atoms with Crippen molar-refractivity contribution in [1.29, 1.82) is 0 Å². The van der Waals surface area contributed by atoms with E-state index in [9.17, 15) is 34.2 Å². The van der Waals surface area contributed by atoms with E-state index in [4.69, 9.17) is 49.0 Å². The topological polar surface area (TPSA) is 287 Å². The predicted molar refractivity (Wildman–Crippen MR) is 320 cm³/mol. The van der Waals surface area contributed by atoms with Crippen LogP contribution in [0.1, 0.15) is 92.2 Å². The number of epoxide rings is 1. The maximum absolute atomic E-state index is 12.7. The number of nitrogens with one attached hydrogen (secondary N) is 5. The van der Waals surface area contributed by atoms with Crippen LogP contribution in [0, 0.1) is 0 Å². The molecule has 2 amide bonds. The number of benzene rings is 3. The van der Waals surface area contributed by atoms with Crippen molar-refractivity contribution < 1.29 is 34.0 Å². The fourth-order valence-corrected chi connectivity index (χ4v) is 11.7. The molecule has 10 heterocycles. The van der Waals surface area contributed by atoms with E-state index < -0.39 is 35.5 Å². The number of β-amino-alcohol motifs (C(OH)–C–C–N with tert-alkyl or cyclic N) is 2. The number of aliphatic hydroxyl groups is 2. The average Bonchev–Trinajstić information content (AvgIpc) is 2.60. The SMILES string of the molecule is CC(C)(C)OC(=O)N1CCCC(n2c3ccc(Cl)cc3c3nc[nH]c(=O)c32)[C@H](O)C1.CC(C)(C)OC(=O)N1CCCC2OC2C1.O=c1[nH]cnc2c1[nH]c1ccc(Cl)cc12.O=c1[nH]cnc2c3cc(Cl)ccc3n(C3CCCNC[C@H]3O)c12. The highest BCUT2D eigenvalue weighted by Crippen LogP contribution is 2.37. The summed E-state index contributed by atoms with van der Waals surface area (Å²) in [5, 5.41) is 29.1. The molecule has 0 spiro atoms. The van der Waals surface area contributed by atoms with Gasteiger partial charge in [0, 0.05) is 56.4 Å². The van der Waals surface area contributed by atoms with Crippen molar-refractivity contribution in [2.75, 3.05) is 39.3 Å². The van der Waals surface area contributed by atoms with Gasteiger partial charge in [-0.1, -0.05) is 34.8 Å². The Labute approximate surface area is 490 Å². The van der Waals surface area contributed by atoms with E-state index in [0.717, 1.165) is 71.5 Å². The Balaban J connectivity index is 0.000000129. The molecule has 6 atom stereocenters. The van der Waals surface area contributed by atoms with Crippen molar-refractivity contribution in [1.82, 2.24) is 59.1 Å². The summed E-state index contributed by atoms with van der Waals surface area (Å²) in [7, 11) is 0. The molecule has 4 aliphatic heterocycles. The lowest BCUT2D eigenvalue weighted by Crippen LogP contribution is -2.41. The summed E-state index contributed by atoms with van der Waals surface area (Å²) in [6, 6.07) is 15.7. The van der Waals surface area contributed by atoms with Crippen LogP contribution in [0.25, 0.3) is 65.8 Å². The molecule has 3 aromatic carbocycles. The summed E-state index contributed by atoms with van der Waals surface area (Å²) in [6.45, 7) is 14.6. The number of amides is 2. The first-order chi connectivity index (χ1) is 39.5. The van der Waals surface area contributed by atoms with E-state index in [1.165, 1.54) is 23.9 Å². The number of fused-ring (bicyclic) bond motifs is 10. The lowest BCUT2D eigenvalue weighted by molar-refractivity contribution is 0.0141. The molecule has 0 saturated carbocycles. The van der Waals surface area contributed by atoms with E-state index in [1.54, 1.807) is 35.2 Å². The predicted octanol–water partition coefficient (Wildman–Crippen LogP) is 9.12. The highest BCUT2D eigenvalue weighted by atomic mass is 35.5. The van der Waals surface area contributed by atoms with Crippen molar-refractivity contribution >= 4 is 113 Å². The van der Waals surface area contributed by atoms with Gasteiger partial charge in [0.1, 0.15) is 50.4 Å². The number of hydrogen-bond donors (Lipinski definition) is 7. The Hall–Kier alpha value is -7.05. The van der Waals surface area contributed by atoms with Gasteiger partial charge >= 0.3 is 12.2 Å². The van der Waals surface area contributed by atoms with Crippen LogP contribution in [-0.4, -0.2) is 151 Å². The van der Waals surface area contributed by atoms with Crippen molar-refractivity contribution in [2.45, 2.75) is 128 Å². The summed E-state index contributed by atoms with van der Waals surface area (Å²) >= 11 is 18.2. The lowest BCUT2D eigenvalue weighted by atomic mass is 10.1. The second-order valence-corrected chi connectivity index (χ2v) is 24.5. The van der Waals surface area contributed by atoms with Crippen LogP contribution in [0.4, 0.5) is 9.59 Å². The molecular weight excluding hydrogens is 1130 g/mol. The number of halogens is 3. The minimum atomic E-state index is -0.880. The first kappa shape index (κ1) is 59.1. The number of carbonyl (C=O) groups is 2. The third-order valence-electron chi connectivity index (χ3n) is 14.8. The van der Waals surface area contributed by atoms with Gasteiger partial charge in [-0.15, -0.1) is 0 Å². The fraction of sp³-hybridized carbons (Fsp3) is 0.448. The first-order valence-corrected chi connectivity index (χ1v) is 28.8. The number of ether oxygens (including phenoxy) is 3. The Kier molecular flexibility index (Phi) is 17.3. The van der Waals surface area contributed by atoms with Gasteiger partial charge in [-0.3, -0.25) is 14.4 Å². The molecule has 22 nitrogen and oxygen atoms in total. The second kappa shape index (κ2) is 24.3. The smallest absolute Gasteiger partial charge is 0.410 e. The van der Waals surface area contributed by atoms with Crippen molar-refractivity contribution in [3.8, 4) is 0 Å². The van der Waals surface area contributed by atoms with Crippen molar-refractivity contribution in [2.24, 2.45) is 0 Å². The molecule has 83 heavy (non-hydrogen) atoms. The first-order valence-electron chi connectivity index (χ1n) is 27.7. The number of carbonyl (C=O) groups excluding carboxylic acids is 2. The number of aliphatic hydroxyl groups excluding tert-OH is 2. The van der Waals surface area contributed by atoms with Gasteiger partial charge in [-0.2, -0.15) is 0 Å². The van der Waals surface area contributed by atoms with E-state index >= 15 is 0 Å². The number of nitrogens with zero attached hydrogens (tertiary/aromatic N) is 7. The normalized spacial score (nSPS) is 21.2. The highest BCUT2D eigenvalue weighted by Gasteiger charge is 2.43. The quantitative estimate of drug-likeness (QED) is 0.0795. The largest absolute Gasteiger partial charge is 0.444 e. The molecule has 25 heteroatoms. The van der Waals surface area contributed by atoms with Gasteiger partial charge in [0.25, 0.3) is 16.7 Å². The van der Waals surface area contributed by atoms with Gasteiger partial charge in [-0.05, 0) is 141 Å². The molecule has 7 N–H and O–H groups in total. The summed E-state index contributed by atoms with van der Waals surface area (Å²) in [5.41, 5.74) is 4.00. The third-order valence-corrected chi connectivity index (χ3v) is 15.5. The maximum Gasteiger partial charge on any atom is 0.410 e.